The predicted octanol–water partition coefficient (Wildman–Crippen LogP) is -3.28. The highest BCUT2D eigenvalue weighted by Gasteiger charge is 1.94. The summed E-state index contributed by atoms with van der Waals surface area (Å²) < 4.78 is 1.53. The molecule has 0 fully saturated rings. The Morgan fingerprint density at radius 2 is 1.70 bits per heavy atom. The molecule has 1 heterocycles. The number of nitrogen functional groups attached to an aromatic ring is 1. The van der Waals surface area contributed by atoms with Crippen LogP contribution in [0, 0.1) is 5.41 Å². The van der Waals surface area contributed by atoms with Gasteiger partial charge in [-0.15, -0.1) is 5.41 Å². The number of halogens is 1. The Morgan fingerprint density at radius 3 is 2.00 bits per heavy atom. The van der Waals surface area contributed by atoms with E-state index in [0.29, 0.717) is 0 Å². The molecule has 0 amide bonds. The molecule has 0 aliphatic carbocycles. The summed E-state index contributed by atoms with van der Waals surface area (Å²) >= 11 is 0. The van der Waals surface area contributed by atoms with E-state index in [2.05, 4.69) is 0 Å². The van der Waals surface area contributed by atoms with Crippen molar-refractivity contribution in [2.45, 2.75) is 0 Å². The van der Waals surface area contributed by atoms with Crippen LogP contribution in [0.15, 0.2) is 30.6 Å². The number of nitrogens with zero attached hydrogens (tertiary/aromatic N) is 1. The summed E-state index contributed by atoms with van der Waals surface area (Å²) in [5.74, 6) is 0.0376. The Labute approximate surface area is 65.4 Å². The van der Waals surface area contributed by atoms with Gasteiger partial charge >= 0.3 is 5.96 Å². The molecule has 0 bridgehead atoms. The SMILES string of the molecule is N=C(N)[n+]1ccccc1.[Cl-]. The normalized spacial score (nSPS) is 8.00. The summed E-state index contributed by atoms with van der Waals surface area (Å²) in [5, 5.41) is 6.98. The highest BCUT2D eigenvalue weighted by atomic mass is 35.5. The van der Waals surface area contributed by atoms with E-state index >= 15 is 0 Å². The van der Waals surface area contributed by atoms with Gasteiger partial charge in [-0.3, -0.25) is 5.73 Å². The first-order valence-electron chi connectivity index (χ1n) is 2.61. The van der Waals surface area contributed by atoms with E-state index in [1.165, 1.54) is 4.57 Å². The van der Waals surface area contributed by atoms with E-state index in [9.17, 15) is 0 Å². The summed E-state index contributed by atoms with van der Waals surface area (Å²) in [6, 6.07) is 5.52. The molecular formula is C6H8ClN3. The first-order valence-corrected chi connectivity index (χ1v) is 2.61. The van der Waals surface area contributed by atoms with Gasteiger partial charge in [-0.1, -0.05) is 6.07 Å². The van der Waals surface area contributed by atoms with Crippen molar-refractivity contribution in [2.75, 3.05) is 0 Å². The number of rotatable bonds is 0. The summed E-state index contributed by atoms with van der Waals surface area (Å²) in [6.45, 7) is 0. The second-order valence-corrected chi connectivity index (χ2v) is 1.67. The van der Waals surface area contributed by atoms with Gasteiger partial charge in [-0.05, 0) is 12.1 Å². The van der Waals surface area contributed by atoms with Crippen LogP contribution in [-0.2, 0) is 0 Å². The first kappa shape index (κ1) is 8.91. The fourth-order valence-electron chi connectivity index (χ4n) is 0.559. The van der Waals surface area contributed by atoms with Crippen molar-refractivity contribution in [3.8, 4) is 0 Å². The smallest absolute Gasteiger partial charge is 0.386 e. The molecule has 10 heavy (non-hydrogen) atoms. The van der Waals surface area contributed by atoms with E-state index < -0.39 is 0 Å². The van der Waals surface area contributed by atoms with Crippen LogP contribution in [0.1, 0.15) is 0 Å². The molecule has 0 aliphatic heterocycles. The number of pyridine rings is 1. The highest BCUT2D eigenvalue weighted by molar-refractivity contribution is 5.64. The topological polar surface area (TPSA) is 53.8 Å². The van der Waals surface area contributed by atoms with Gasteiger partial charge in [0, 0.05) is 0 Å². The number of nitrogens with one attached hydrogen (secondary N) is 1. The summed E-state index contributed by atoms with van der Waals surface area (Å²) in [4.78, 5) is 0. The molecular weight excluding hydrogens is 150 g/mol. The van der Waals surface area contributed by atoms with Gasteiger partial charge in [0.25, 0.3) is 0 Å². The first-order chi connectivity index (χ1) is 4.30. The maximum Gasteiger partial charge on any atom is 0.386 e. The standard InChI is InChI=1S/C6H8N3.ClH/c7-6(8)9-4-2-1-3-5-9;/h1-5H,(H3,7,8);1H/q+1;/p-1. The van der Waals surface area contributed by atoms with Gasteiger partial charge in [0.05, 0.1) is 12.4 Å². The summed E-state index contributed by atoms with van der Waals surface area (Å²) in [5.41, 5.74) is 5.16. The molecule has 0 saturated carbocycles. The zero-order valence-electron chi connectivity index (χ0n) is 5.29. The van der Waals surface area contributed by atoms with Crippen molar-refractivity contribution in [3.05, 3.63) is 30.6 Å². The van der Waals surface area contributed by atoms with E-state index in [1.807, 2.05) is 18.2 Å². The van der Waals surface area contributed by atoms with Crippen LogP contribution in [-0.4, -0.2) is 5.96 Å². The maximum atomic E-state index is 6.98. The van der Waals surface area contributed by atoms with Crippen molar-refractivity contribution in [3.63, 3.8) is 0 Å². The van der Waals surface area contributed by atoms with E-state index in [4.69, 9.17) is 11.1 Å². The van der Waals surface area contributed by atoms with Crippen molar-refractivity contribution < 1.29 is 17.0 Å². The third kappa shape index (κ3) is 2.03. The van der Waals surface area contributed by atoms with Crippen LogP contribution in [0.2, 0.25) is 0 Å². The minimum atomic E-state index is 0. The Hall–Kier alpha value is -1.09. The van der Waals surface area contributed by atoms with Crippen molar-refractivity contribution in [1.82, 2.24) is 0 Å². The monoisotopic (exact) mass is 157 g/mol. The number of hydrogen-bond acceptors (Lipinski definition) is 1. The van der Waals surface area contributed by atoms with Crippen LogP contribution < -0.4 is 22.7 Å². The quantitative estimate of drug-likeness (QED) is 0.232. The molecule has 1 rings (SSSR count). The Morgan fingerprint density at radius 1 is 1.20 bits per heavy atom. The number of nitrogens with two attached hydrogens (primary N) is 1. The molecule has 4 heteroatoms. The lowest BCUT2D eigenvalue weighted by atomic mass is 10.5. The highest BCUT2D eigenvalue weighted by Crippen LogP contribution is 1.73. The zero-order chi connectivity index (χ0) is 6.69. The minimum absolute atomic E-state index is 0. The van der Waals surface area contributed by atoms with Crippen LogP contribution in [0.3, 0.4) is 0 Å². The second kappa shape index (κ2) is 3.85. The molecule has 0 spiro atoms. The average molecular weight is 158 g/mol. The fourth-order valence-corrected chi connectivity index (χ4v) is 0.559. The third-order valence-electron chi connectivity index (χ3n) is 0.994. The number of aromatic nitrogens is 1. The zero-order valence-corrected chi connectivity index (χ0v) is 6.05. The molecule has 3 N–H and O–H groups in total. The van der Waals surface area contributed by atoms with Crippen molar-refractivity contribution in [1.29, 1.82) is 5.41 Å². The lowest BCUT2D eigenvalue weighted by Gasteiger charge is -1.90. The van der Waals surface area contributed by atoms with Gasteiger partial charge in [-0.25, -0.2) is 4.57 Å². The van der Waals surface area contributed by atoms with Crippen LogP contribution in [0.5, 0.6) is 0 Å². The molecule has 0 aliphatic rings. The summed E-state index contributed by atoms with van der Waals surface area (Å²) in [7, 11) is 0. The van der Waals surface area contributed by atoms with Crippen molar-refractivity contribution in [2.24, 2.45) is 5.73 Å². The Balaban J connectivity index is 0.000000810. The van der Waals surface area contributed by atoms with E-state index in [1.54, 1.807) is 12.4 Å². The van der Waals surface area contributed by atoms with Gasteiger partial charge in [0.15, 0.2) is 0 Å². The molecule has 0 radical (unpaired) electrons. The van der Waals surface area contributed by atoms with Crippen LogP contribution in [0.25, 0.3) is 0 Å². The Bertz CT molecular complexity index is 209. The summed E-state index contributed by atoms with van der Waals surface area (Å²) in [6.07, 6.45) is 3.45. The second-order valence-electron chi connectivity index (χ2n) is 1.67. The largest absolute Gasteiger partial charge is 1.00 e. The molecule has 54 valence electrons. The van der Waals surface area contributed by atoms with Gasteiger partial charge < -0.3 is 12.4 Å². The predicted molar refractivity (Wildman–Crippen MR) is 33.9 cm³/mol. The van der Waals surface area contributed by atoms with Gasteiger partial charge in [-0.2, -0.15) is 0 Å². The van der Waals surface area contributed by atoms with Crippen LogP contribution >= 0.6 is 0 Å². The molecule has 0 aromatic carbocycles. The fraction of sp³-hybridized carbons (Fsp3) is 0. The van der Waals surface area contributed by atoms with E-state index in [0.717, 1.165) is 0 Å². The van der Waals surface area contributed by atoms with Gasteiger partial charge in [0.1, 0.15) is 0 Å². The molecule has 1 aromatic rings. The molecule has 3 nitrogen and oxygen atoms in total. The minimum Gasteiger partial charge on any atom is -1.00 e. The van der Waals surface area contributed by atoms with Gasteiger partial charge in [0.2, 0.25) is 0 Å². The van der Waals surface area contributed by atoms with Crippen LogP contribution in [0.4, 0.5) is 0 Å². The molecule has 0 unspecified atom stereocenters. The lowest BCUT2D eigenvalue weighted by Crippen LogP contribution is -3.00. The Kier molecular flexibility index (Phi) is 3.43. The molecule has 0 atom stereocenters. The lowest BCUT2D eigenvalue weighted by molar-refractivity contribution is -0.558. The maximum absolute atomic E-state index is 6.98. The van der Waals surface area contributed by atoms with Crippen molar-refractivity contribution >= 4 is 5.96 Å². The number of hydrogen-bond donors (Lipinski definition) is 2. The van der Waals surface area contributed by atoms with E-state index in [-0.39, 0.29) is 18.4 Å². The third-order valence-corrected chi connectivity index (χ3v) is 0.994. The molecule has 1 aromatic heterocycles. The molecule has 0 saturated heterocycles. The average Bonchev–Trinajstić information content (AvgIpc) is 1.90.